The molecule has 1 aliphatic heterocycles. The first-order valence-corrected chi connectivity index (χ1v) is 11.2. The van der Waals surface area contributed by atoms with E-state index in [1.165, 1.54) is 22.4 Å². The van der Waals surface area contributed by atoms with Crippen molar-refractivity contribution >= 4 is 28.2 Å². The number of hydrogen-bond acceptors (Lipinski definition) is 5. The molecule has 4 aromatic rings. The van der Waals surface area contributed by atoms with Gasteiger partial charge >= 0.3 is 0 Å². The zero-order chi connectivity index (χ0) is 22.1. The number of rotatable bonds is 4. The van der Waals surface area contributed by atoms with E-state index >= 15 is 0 Å². The zero-order valence-corrected chi connectivity index (χ0v) is 19.0. The van der Waals surface area contributed by atoms with Crippen LogP contribution in [0.15, 0.2) is 66.9 Å². The third-order valence-corrected chi connectivity index (χ3v) is 6.40. The Bertz CT molecular complexity index is 1260. The molecule has 162 valence electrons. The molecule has 0 aliphatic carbocycles. The summed E-state index contributed by atoms with van der Waals surface area (Å²) in [6.07, 6.45) is 1.90. The predicted molar refractivity (Wildman–Crippen MR) is 134 cm³/mol. The van der Waals surface area contributed by atoms with Crippen molar-refractivity contribution in [3.05, 3.63) is 78.0 Å². The first-order chi connectivity index (χ1) is 15.6. The summed E-state index contributed by atoms with van der Waals surface area (Å²) < 4.78 is 0. The number of nitrogens with one attached hydrogen (secondary N) is 1. The lowest BCUT2D eigenvalue weighted by Gasteiger charge is -2.34. The van der Waals surface area contributed by atoms with Gasteiger partial charge in [0.1, 0.15) is 0 Å². The number of aromatic nitrogens is 2. The van der Waals surface area contributed by atoms with E-state index in [0.717, 1.165) is 48.3 Å². The van der Waals surface area contributed by atoms with E-state index < -0.39 is 0 Å². The van der Waals surface area contributed by atoms with Crippen LogP contribution >= 0.6 is 0 Å². The average Bonchev–Trinajstić information content (AvgIpc) is 2.81. The summed E-state index contributed by atoms with van der Waals surface area (Å²) in [7, 11) is 2.18. The fourth-order valence-corrected chi connectivity index (χ4v) is 4.23. The SMILES string of the molecule is Cc1ccc(-c2cccc3cnc(Nc4cccc(N5CCN(C)CC5)c4)nc23)cc1C. The second-order valence-corrected chi connectivity index (χ2v) is 8.70. The summed E-state index contributed by atoms with van der Waals surface area (Å²) in [5, 5.41) is 4.46. The van der Waals surface area contributed by atoms with Crippen molar-refractivity contribution in [1.82, 2.24) is 14.9 Å². The van der Waals surface area contributed by atoms with E-state index in [2.05, 4.69) is 102 Å². The molecule has 0 radical (unpaired) electrons. The molecule has 5 rings (SSSR count). The molecule has 1 fully saturated rings. The zero-order valence-electron chi connectivity index (χ0n) is 19.0. The molecule has 3 aromatic carbocycles. The van der Waals surface area contributed by atoms with E-state index in [-0.39, 0.29) is 0 Å². The fourth-order valence-electron chi connectivity index (χ4n) is 4.23. The summed E-state index contributed by atoms with van der Waals surface area (Å²) in [4.78, 5) is 14.3. The van der Waals surface area contributed by atoms with Crippen LogP contribution in [-0.2, 0) is 0 Å². The molecule has 1 saturated heterocycles. The Morgan fingerprint density at radius 3 is 2.47 bits per heavy atom. The highest BCUT2D eigenvalue weighted by Gasteiger charge is 2.15. The van der Waals surface area contributed by atoms with Gasteiger partial charge < -0.3 is 15.1 Å². The molecule has 5 heteroatoms. The van der Waals surface area contributed by atoms with Crippen molar-refractivity contribution in [2.45, 2.75) is 13.8 Å². The number of para-hydroxylation sites is 1. The Balaban J connectivity index is 1.45. The standard InChI is InChI=1S/C27H29N5/c1-19-10-11-21(16-20(19)2)25-9-4-6-22-18-28-27(30-26(22)25)29-23-7-5-8-24(17-23)32-14-12-31(3)13-15-32/h4-11,16-18H,12-15H2,1-3H3,(H,28,29,30). The van der Waals surface area contributed by atoms with Crippen LogP contribution in [0.1, 0.15) is 11.1 Å². The molecule has 1 aliphatic rings. The van der Waals surface area contributed by atoms with Crippen molar-refractivity contribution < 1.29 is 0 Å². The number of likely N-dealkylation sites (N-methyl/N-ethyl adjacent to an activating group) is 1. The molecule has 0 amide bonds. The Kier molecular flexibility index (Phi) is 5.50. The van der Waals surface area contributed by atoms with Gasteiger partial charge in [-0.05, 0) is 55.8 Å². The Labute approximate surface area is 189 Å². The van der Waals surface area contributed by atoms with Crippen LogP contribution in [0.3, 0.4) is 0 Å². The highest BCUT2D eigenvalue weighted by Crippen LogP contribution is 2.30. The molecule has 0 bridgehead atoms. The summed E-state index contributed by atoms with van der Waals surface area (Å²) in [6.45, 7) is 8.57. The van der Waals surface area contributed by atoms with Crippen molar-refractivity contribution in [2.24, 2.45) is 0 Å². The maximum Gasteiger partial charge on any atom is 0.227 e. The van der Waals surface area contributed by atoms with Crippen LogP contribution in [0.4, 0.5) is 17.3 Å². The smallest absolute Gasteiger partial charge is 0.227 e. The minimum atomic E-state index is 0.615. The second kappa shape index (κ2) is 8.60. The van der Waals surface area contributed by atoms with Gasteiger partial charge in [-0.15, -0.1) is 0 Å². The minimum Gasteiger partial charge on any atom is -0.369 e. The number of piperazine rings is 1. The highest BCUT2D eigenvalue weighted by atomic mass is 15.2. The number of hydrogen-bond donors (Lipinski definition) is 1. The number of aryl methyl sites for hydroxylation is 2. The molecule has 0 spiro atoms. The molecule has 0 saturated carbocycles. The highest BCUT2D eigenvalue weighted by molar-refractivity contribution is 5.94. The van der Waals surface area contributed by atoms with Gasteiger partial charge in [0.05, 0.1) is 5.52 Å². The van der Waals surface area contributed by atoms with E-state index in [9.17, 15) is 0 Å². The van der Waals surface area contributed by atoms with Crippen LogP contribution < -0.4 is 10.2 Å². The second-order valence-electron chi connectivity index (χ2n) is 8.70. The van der Waals surface area contributed by atoms with Crippen LogP contribution in [0.5, 0.6) is 0 Å². The monoisotopic (exact) mass is 423 g/mol. The molecule has 1 aromatic heterocycles. The average molecular weight is 424 g/mol. The number of fused-ring (bicyclic) bond motifs is 1. The first kappa shape index (κ1) is 20.5. The summed E-state index contributed by atoms with van der Waals surface area (Å²) in [5.74, 6) is 0.615. The minimum absolute atomic E-state index is 0.615. The molecular weight excluding hydrogens is 394 g/mol. The van der Waals surface area contributed by atoms with Crippen LogP contribution in [0, 0.1) is 13.8 Å². The van der Waals surface area contributed by atoms with E-state index in [1.54, 1.807) is 0 Å². The van der Waals surface area contributed by atoms with E-state index in [1.807, 2.05) is 6.20 Å². The third-order valence-electron chi connectivity index (χ3n) is 6.40. The lowest BCUT2D eigenvalue weighted by atomic mass is 9.99. The summed E-state index contributed by atoms with van der Waals surface area (Å²) >= 11 is 0. The normalized spacial score (nSPS) is 14.7. The van der Waals surface area contributed by atoms with Crippen molar-refractivity contribution in [3.63, 3.8) is 0 Å². The number of benzene rings is 3. The summed E-state index contributed by atoms with van der Waals surface area (Å²) in [6, 6.07) is 21.4. The number of anilines is 3. The maximum atomic E-state index is 4.91. The van der Waals surface area contributed by atoms with Gasteiger partial charge in [0, 0.05) is 54.7 Å². The molecule has 0 atom stereocenters. The molecular formula is C27H29N5. The maximum absolute atomic E-state index is 4.91. The number of nitrogens with zero attached hydrogens (tertiary/aromatic N) is 4. The van der Waals surface area contributed by atoms with Crippen molar-refractivity contribution in [2.75, 3.05) is 43.4 Å². The molecule has 2 heterocycles. The van der Waals surface area contributed by atoms with Crippen LogP contribution in [0.25, 0.3) is 22.0 Å². The third kappa shape index (κ3) is 4.16. The molecule has 0 unspecified atom stereocenters. The Morgan fingerprint density at radius 1 is 0.844 bits per heavy atom. The molecule has 1 N–H and O–H groups in total. The predicted octanol–water partition coefficient (Wildman–Crippen LogP) is 5.41. The lowest BCUT2D eigenvalue weighted by molar-refractivity contribution is 0.313. The van der Waals surface area contributed by atoms with Crippen molar-refractivity contribution in [3.8, 4) is 11.1 Å². The van der Waals surface area contributed by atoms with Crippen LogP contribution in [0.2, 0.25) is 0 Å². The van der Waals surface area contributed by atoms with Gasteiger partial charge in [0.2, 0.25) is 5.95 Å². The Morgan fingerprint density at radius 2 is 1.66 bits per heavy atom. The van der Waals surface area contributed by atoms with Crippen molar-refractivity contribution in [1.29, 1.82) is 0 Å². The largest absolute Gasteiger partial charge is 0.369 e. The van der Waals surface area contributed by atoms with E-state index in [0.29, 0.717) is 5.95 Å². The van der Waals surface area contributed by atoms with Gasteiger partial charge in [-0.3, -0.25) is 0 Å². The summed E-state index contributed by atoms with van der Waals surface area (Å²) in [5.41, 5.74) is 8.09. The van der Waals surface area contributed by atoms with E-state index in [4.69, 9.17) is 4.98 Å². The van der Waals surface area contributed by atoms with Gasteiger partial charge in [0.15, 0.2) is 0 Å². The first-order valence-electron chi connectivity index (χ1n) is 11.2. The van der Waals surface area contributed by atoms with Gasteiger partial charge in [-0.25, -0.2) is 9.97 Å². The topological polar surface area (TPSA) is 44.3 Å². The van der Waals surface area contributed by atoms with Gasteiger partial charge in [0.25, 0.3) is 0 Å². The molecule has 32 heavy (non-hydrogen) atoms. The fraction of sp³-hybridized carbons (Fsp3) is 0.259. The van der Waals surface area contributed by atoms with Gasteiger partial charge in [-0.1, -0.05) is 42.5 Å². The lowest BCUT2D eigenvalue weighted by Crippen LogP contribution is -2.44. The van der Waals surface area contributed by atoms with Gasteiger partial charge in [-0.2, -0.15) is 0 Å². The van der Waals surface area contributed by atoms with Crippen LogP contribution in [-0.4, -0.2) is 48.1 Å². The molecule has 5 nitrogen and oxygen atoms in total. The Hall–Kier alpha value is -3.44. The quantitative estimate of drug-likeness (QED) is 0.476.